The molecule has 0 unspecified atom stereocenters. The molecule has 1 aliphatic rings. The number of nitrogens with zero attached hydrogens (tertiary/aromatic N) is 3. The number of sulfonamides is 1. The molecule has 232 valence electrons. The lowest BCUT2D eigenvalue weighted by atomic mass is 10.2. The van der Waals surface area contributed by atoms with Gasteiger partial charge in [-0.2, -0.15) is 4.31 Å². The molecule has 0 bridgehead atoms. The lowest BCUT2D eigenvalue weighted by Gasteiger charge is -2.21. The van der Waals surface area contributed by atoms with E-state index in [1.807, 2.05) is 0 Å². The fourth-order valence-electron chi connectivity index (χ4n) is 4.37. The van der Waals surface area contributed by atoms with Crippen molar-refractivity contribution in [2.75, 3.05) is 6.54 Å². The van der Waals surface area contributed by atoms with Gasteiger partial charge in [0.1, 0.15) is 35.6 Å². The van der Waals surface area contributed by atoms with Crippen LogP contribution in [-0.2, 0) is 26.3 Å². The molecule has 15 heteroatoms. The highest BCUT2D eigenvalue weighted by Gasteiger charge is 2.43. The fourth-order valence-corrected chi connectivity index (χ4v) is 6.07. The lowest BCUT2D eigenvalue weighted by Crippen LogP contribution is -2.44. The minimum absolute atomic E-state index is 0.0370. The van der Waals surface area contributed by atoms with E-state index < -0.39 is 26.9 Å². The van der Waals surface area contributed by atoms with Crippen LogP contribution in [0.1, 0.15) is 12.0 Å². The van der Waals surface area contributed by atoms with E-state index in [4.69, 9.17) is 25.9 Å². The number of halogens is 1. The normalized spacial score (nSPS) is 15.9. The Bertz CT molecular complexity index is 1800. The molecule has 0 radical (unpaired) electrons. The zero-order chi connectivity index (χ0) is 32.0. The molecule has 1 atom stereocenters. The van der Waals surface area contributed by atoms with Crippen LogP contribution in [0.25, 0.3) is 0 Å². The van der Waals surface area contributed by atoms with Gasteiger partial charge in [0, 0.05) is 23.6 Å². The van der Waals surface area contributed by atoms with Gasteiger partial charge in [-0.25, -0.2) is 13.9 Å². The first-order valence-electron chi connectivity index (χ1n) is 13.3. The van der Waals surface area contributed by atoms with Crippen molar-refractivity contribution in [3.05, 3.63) is 118 Å². The standard InChI is InChI=1S/C30H25ClN4O9S/c31-21-3-7-24(8-4-21)43-25-9-11-26(12-10-25)44-27-13-15-28(16-14-27)45(40,41)34-18-22(17-29(34)30(36)32-37)33-42-19-20-1-5-23(6-2-20)35(38)39/h1-16,29,37H,17-19H2,(H,32,36)/b33-22-/t29-/m0/s1. The Morgan fingerprint density at radius 3 is 1.93 bits per heavy atom. The highest BCUT2D eigenvalue weighted by molar-refractivity contribution is 7.89. The van der Waals surface area contributed by atoms with E-state index in [-0.39, 0.29) is 35.9 Å². The van der Waals surface area contributed by atoms with Crippen LogP contribution in [0.15, 0.2) is 107 Å². The summed E-state index contributed by atoms with van der Waals surface area (Å²) in [6.45, 7) is -0.298. The van der Waals surface area contributed by atoms with Crippen LogP contribution in [0, 0.1) is 10.1 Å². The number of hydroxylamine groups is 1. The minimum atomic E-state index is -4.21. The summed E-state index contributed by atoms with van der Waals surface area (Å²) >= 11 is 5.90. The monoisotopic (exact) mass is 652 g/mol. The summed E-state index contributed by atoms with van der Waals surface area (Å²) < 4.78 is 39.6. The first-order chi connectivity index (χ1) is 21.6. The molecule has 1 amide bonds. The summed E-state index contributed by atoms with van der Waals surface area (Å²) in [4.78, 5) is 27.9. The molecular formula is C30H25ClN4O9S. The summed E-state index contributed by atoms with van der Waals surface area (Å²) in [6.07, 6.45) is -0.120. The van der Waals surface area contributed by atoms with Gasteiger partial charge in [-0.15, -0.1) is 0 Å². The first kappa shape index (κ1) is 31.4. The molecule has 1 aliphatic heterocycles. The van der Waals surface area contributed by atoms with Gasteiger partial charge in [0.15, 0.2) is 0 Å². The zero-order valence-corrected chi connectivity index (χ0v) is 24.8. The number of rotatable bonds is 11. The van der Waals surface area contributed by atoms with Gasteiger partial charge in [-0.3, -0.25) is 20.1 Å². The van der Waals surface area contributed by atoms with Crippen molar-refractivity contribution in [1.82, 2.24) is 9.79 Å². The topological polar surface area (TPSA) is 170 Å². The van der Waals surface area contributed by atoms with Crippen molar-refractivity contribution >= 4 is 38.9 Å². The number of amides is 1. The van der Waals surface area contributed by atoms with E-state index in [9.17, 15) is 28.5 Å². The number of carbonyl (C=O) groups excluding carboxylic acids is 1. The average Bonchev–Trinajstić information content (AvgIpc) is 3.48. The zero-order valence-electron chi connectivity index (χ0n) is 23.3. The van der Waals surface area contributed by atoms with E-state index in [1.54, 1.807) is 48.5 Å². The Balaban J connectivity index is 1.23. The summed E-state index contributed by atoms with van der Waals surface area (Å²) in [5, 5.41) is 24.6. The molecule has 0 spiro atoms. The van der Waals surface area contributed by atoms with E-state index in [2.05, 4.69) is 5.16 Å². The van der Waals surface area contributed by atoms with Gasteiger partial charge in [-0.1, -0.05) is 16.8 Å². The van der Waals surface area contributed by atoms with Crippen LogP contribution in [0.5, 0.6) is 23.0 Å². The van der Waals surface area contributed by atoms with Crippen LogP contribution in [0.4, 0.5) is 5.69 Å². The predicted octanol–water partition coefficient (Wildman–Crippen LogP) is 5.67. The Morgan fingerprint density at radius 1 is 0.911 bits per heavy atom. The maximum absolute atomic E-state index is 13.5. The van der Waals surface area contributed by atoms with Gasteiger partial charge in [-0.05, 0) is 90.5 Å². The second-order valence-electron chi connectivity index (χ2n) is 9.70. The van der Waals surface area contributed by atoms with Crippen LogP contribution in [0.2, 0.25) is 5.02 Å². The Hall–Kier alpha value is -5.02. The second kappa shape index (κ2) is 13.7. The van der Waals surface area contributed by atoms with Gasteiger partial charge in [0.2, 0.25) is 10.0 Å². The highest BCUT2D eigenvalue weighted by Crippen LogP contribution is 2.30. The van der Waals surface area contributed by atoms with Crippen molar-refractivity contribution in [2.24, 2.45) is 5.16 Å². The molecule has 1 fully saturated rings. The van der Waals surface area contributed by atoms with Crippen molar-refractivity contribution in [2.45, 2.75) is 24.0 Å². The van der Waals surface area contributed by atoms with Crippen LogP contribution < -0.4 is 15.0 Å². The fraction of sp³-hybridized carbons (Fsp3) is 0.133. The summed E-state index contributed by atoms with van der Waals surface area (Å²) in [5.74, 6) is 1.13. The quantitative estimate of drug-likeness (QED) is 0.118. The molecule has 4 aromatic carbocycles. The van der Waals surface area contributed by atoms with Gasteiger partial charge in [0.25, 0.3) is 11.6 Å². The van der Waals surface area contributed by atoms with Crippen LogP contribution in [0.3, 0.4) is 0 Å². The SMILES string of the molecule is O=C(NO)[C@@H]1C/C(=N/OCc2ccc([N+](=O)[O-])cc2)CN1S(=O)(=O)c1ccc(Oc2ccc(Oc3ccc(Cl)cc3)cc2)cc1. The van der Waals surface area contributed by atoms with E-state index in [1.165, 1.54) is 54.0 Å². The number of hydrogen-bond acceptors (Lipinski definition) is 10. The van der Waals surface area contributed by atoms with Gasteiger partial charge in [0.05, 0.1) is 22.1 Å². The number of nitro groups is 1. The maximum Gasteiger partial charge on any atom is 0.269 e. The molecule has 13 nitrogen and oxygen atoms in total. The molecule has 5 rings (SSSR count). The van der Waals surface area contributed by atoms with Crippen LogP contribution >= 0.6 is 11.6 Å². The lowest BCUT2D eigenvalue weighted by molar-refractivity contribution is -0.384. The highest BCUT2D eigenvalue weighted by atomic mass is 35.5. The third-order valence-corrected chi connectivity index (χ3v) is 8.76. The Labute approximate surface area is 262 Å². The number of hydrogen-bond donors (Lipinski definition) is 2. The molecule has 45 heavy (non-hydrogen) atoms. The molecular weight excluding hydrogens is 628 g/mol. The number of nitrogens with one attached hydrogen (secondary N) is 1. The van der Waals surface area contributed by atoms with Gasteiger partial charge < -0.3 is 14.3 Å². The second-order valence-corrected chi connectivity index (χ2v) is 12.0. The van der Waals surface area contributed by atoms with Crippen molar-refractivity contribution in [3.8, 4) is 23.0 Å². The minimum Gasteiger partial charge on any atom is -0.457 e. The number of oxime groups is 1. The predicted molar refractivity (Wildman–Crippen MR) is 162 cm³/mol. The third kappa shape index (κ3) is 7.74. The average molecular weight is 653 g/mol. The summed E-state index contributed by atoms with van der Waals surface area (Å²) in [6, 6.07) is 23.8. The molecule has 2 N–H and O–H groups in total. The molecule has 1 heterocycles. The third-order valence-electron chi connectivity index (χ3n) is 6.64. The van der Waals surface area contributed by atoms with Gasteiger partial charge >= 0.3 is 0 Å². The number of non-ortho nitro benzene ring substituents is 1. The number of ether oxygens (including phenoxy) is 2. The van der Waals surface area contributed by atoms with E-state index >= 15 is 0 Å². The van der Waals surface area contributed by atoms with E-state index in [0.717, 1.165) is 4.31 Å². The molecule has 4 aromatic rings. The van der Waals surface area contributed by atoms with Crippen molar-refractivity contribution < 1.29 is 37.7 Å². The van der Waals surface area contributed by atoms with Crippen molar-refractivity contribution in [3.63, 3.8) is 0 Å². The molecule has 0 aliphatic carbocycles. The Kier molecular flexibility index (Phi) is 9.59. The molecule has 1 saturated heterocycles. The van der Waals surface area contributed by atoms with Crippen LogP contribution in [-0.4, -0.2) is 47.1 Å². The summed E-state index contributed by atoms with van der Waals surface area (Å²) in [5.41, 5.74) is 2.27. The molecule has 0 saturated carbocycles. The number of benzene rings is 4. The smallest absolute Gasteiger partial charge is 0.269 e. The largest absolute Gasteiger partial charge is 0.457 e. The van der Waals surface area contributed by atoms with E-state index in [0.29, 0.717) is 33.6 Å². The number of nitro benzene ring substituents is 1. The number of carbonyl (C=O) groups is 1. The first-order valence-corrected chi connectivity index (χ1v) is 15.1. The van der Waals surface area contributed by atoms with Crippen molar-refractivity contribution in [1.29, 1.82) is 0 Å². The Morgan fingerprint density at radius 2 is 1.42 bits per heavy atom. The molecule has 0 aromatic heterocycles. The maximum atomic E-state index is 13.5. The summed E-state index contributed by atoms with van der Waals surface area (Å²) in [7, 11) is -4.21.